The summed E-state index contributed by atoms with van der Waals surface area (Å²) in [4.78, 5) is 17.9. The monoisotopic (exact) mass is 273 g/mol. The molecule has 3 rings (SSSR count). The molecule has 2 fully saturated rings. The topological polar surface area (TPSA) is 74.0 Å². The molecule has 1 aromatic heterocycles. The van der Waals surface area contributed by atoms with E-state index < -0.39 is 0 Å². The minimum Gasteiger partial charge on any atom is -0.350 e. The van der Waals surface area contributed by atoms with Gasteiger partial charge in [0.05, 0.1) is 6.33 Å². The Hall–Kier alpha value is -2.03. The van der Waals surface area contributed by atoms with Crippen molar-refractivity contribution in [2.45, 2.75) is 25.8 Å². The first kappa shape index (κ1) is 13.0. The van der Waals surface area contributed by atoms with Crippen molar-refractivity contribution < 1.29 is 4.79 Å². The van der Waals surface area contributed by atoms with Crippen LogP contribution in [-0.4, -0.2) is 40.0 Å². The van der Waals surface area contributed by atoms with E-state index in [1.54, 1.807) is 11.2 Å². The Morgan fingerprint density at radius 3 is 3.00 bits per heavy atom. The van der Waals surface area contributed by atoms with Crippen molar-refractivity contribution in [2.24, 2.45) is 11.8 Å². The maximum absolute atomic E-state index is 12.0. The average Bonchev–Trinajstić information content (AvgIpc) is 2.96. The van der Waals surface area contributed by atoms with Crippen LogP contribution in [0.3, 0.4) is 0 Å². The molecule has 1 aliphatic heterocycles. The first-order valence-corrected chi connectivity index (χ1v) is 7.19. The number of likely N-dealkylation sites (tertiary alicyclic amines) is 1. The Balaban J connectivity index is 1.46. The molecule has 2 heterocycles. The van der Waals surface area contributed by atoms with Crippen molar-refractivity contribution in [2.75, 3.05) is 19.6 Å². The zero-order chi connectivity index (χ0) is 13.9. The van der Waals surface area contributed by atoms with Gasteiger partial charge in [0.15, 0.2) is 6.19 Å². The molecule has 0 bridgehead atoms. The van der Waals surface area contributed by atoms with E-state index >= 15 is 0 Å². The number of nitrogens with zero attached hydrogens (tertiary/aromatic N) is 4. The molecular formula is C14H19N5O. The van der Waals surface area contributed by atoms with E-state index in [1.165, 1.54) is 12.8 Å². The van der Waals surface area contributed by atoms with E-state index in [9.17, 15) is 4.79 Å². The highest BCUT2D eigenvalue weighted by molar-refractivity contribution is 5.91. The summed E-state index contributed by atoms with van der Waals surface area (Å²) in [7, 11) is 0. The molecular weight excluding hydrogens is 254 g/mol. The van der Waals surface area contributed by atoms with Crippen LogP contribution in [0.2, 0.25) is 0 Å². The fraction of sp³-hybridized carbons (Fsp3) is 0.643. The van der Waals surface area contributed by atoms with Crippen LogP contribution in [0.5, 0.6) is 0 Å². The largest absolute Gasteiger partial charge is 0.350 e. The van der Waals surface area contributed by atoms with Gasteiger partial charge in [-0.1, -0.05) is 0 Å². The van der Waals surface area contributed by atoms with E-state index in [1.807, 2.05) is 10.8 Å². The van der Waals surface area contributed by atoms with Crippen LogP contribution in [0.4, 0.5) is 0 Å². The summed E-state index contributed by atoms with van der Waals surface area (Å²) in [5.74, 6) is 1.03. The lowest BCUT2D eigenvalue weighted by Gasteiger charge is -2.10. The van der Waals surface area contributed by atoms with Crippen molar-refractivity contribution in [3.8, 4) is 6.19 Å². The van der Waals surface area contributed by atoms with Crippen LogP contribution in [0.15, 0.2) is 12.5 Å². The number of imidazole rings is 1. The Labute approximate surface area is 118 Å². The van der Waals surface area contributed by atoms with Crippen molar-refractivity contribution in [3.05, 3.63) is 18.2 Å². The van der Waals surface area contributed by atoms with Crippen LogP contribution in [0.25, 0.3) is 0 Å². The molecule has 2 aliphatic rings. The van der Waals surface area contributed by atoms with Crippen molar-refractivity contribution >= 4 is 5.91 Å². The highest BCUT2D eigenvalue weighted by Gasteiger charge is 2.23. The standard InChI is InChI=1S/C14H19N5O/c15-9-18-4-3-12(7-18)5-16-14(20)13-8-19(10-17-13)6-11-1-2-11/h8,10-12H,1-7H2,(H,16,20)/t12-/m1/s1. The normalized spacial score (nSPS) is 21.8. The van der Waals surface area contributed by atoms with Gasteiger partial charge in [0.2, 0.25) is 0 Å². The van der Waals surface area contributed by atoms with Crippen LogP contribution in [-0.2, 0) is 6.54 Å². The van der Waals surface area contributed by atoms with Crippen LogP contribution >= 0.6 is 0 Å². The smallest absolute Gasteiger partial charge is 0.271 e. The van der Waals surface area contributed by atoms with Gasteiger partial charge in [-0.25, -0.2) is 4.98 Å². The quantitative estimate of drug-likeness (QED) is 0.806. The zero-order valence-corrected chi connectivity index (χ0v) is 11.5. The summed E-state index contributed by atoms with van der Waals surface area (Å²) in [6, 6.07) is 0. The van der Waals surface area contributed by atoms with E-state index in [0.29, 0.717) is 18.2 Å². The first-order valence-electron chi connectivity index (χ1n) is 7.19. The highest BCUT2D eigenvalue weighted by atomic mass is 16.1. The molecule has 6 heteroatoms. The number of nitrogens with one attached hydrogen (secondary N) is 1. The predicted molar refractivity (Wildman–Crippen MR) is 72.6 cm³/mol. The fourth-order valence-corrected chi connectivity index (χ4v) is 2.59. The molecule has 1 aliphatic carbocycles. The van der Waals surface area contributed by atoms with Crippen LogP contribution in [0, 0.1) is 23.3 Å². The first-order chi connectivity index (χ1) is 9.74. The van der Waals surface area contributed by atoms with Crippen molar-refractivity contribution in [1.29, 1.82) is 5.26 Å². The third kappa shape index (κ3) is 3.10. The predicted octanol–water partition coefficient (Wildman–Crippen LogP) is 0.826. The Kier molecular flexibility index (Phi) is 3.59. The van der Waals surface area contributed by atoms with Gasteiger partial charge in [0.1, 0.15) is 5.69 Å². The molecule has 1 saturated carbocycles. The highest BCUT2D eigenvalue weighted by Crippen LogP contribution is 2.30. The molecule has 1 atom stereocenters. The summed E-state index contributed by atoms with van der Waals surface area (Å²) in [6.45, 7) is 3.13. The van der Waals surface area contributed by atoms with Gasteiger partial charge < -0.3 is 14.8 Å². The average molecular weight is 273 g/mol. The molecule has 0 radical (unpaired) electrons. The lowest BCUT2D eigenvalue weighted by atomic mass is 10.1. The van der Waals surface area contributed by atoms with Gasteiger partial charge in [0.25, 0.3) is 5.91 Å². The second kappa shape index (κ2) is 5.53. The summed E-state index contributed by atoms with van der Waals surface area (Å²) in [5.41, 5.74) is 0.487. The second-order valence-corrected chi connectivity index (χ2v) is 5.81. The third-order valence-electron chi connectivity index (χ3n) is 4.01. The minimum atomic E-state index is -0.116. The number of carbonyl (C=O) groups excluding carboxylic acids is 1. The number of aromatic nitrogens is 2. The van der Waals surface area contributed by atoms with Gasteiger partial charge in [0, 0.05) is 32.4 Å². The lowest BCUT2D eigenvalue weighted by molar-refractivity contribution is 0.0943. The second-order valence-electron chi connectivity index (χ2n) is 5.81. The Bertz CT molecular complexity index is 528. The maximum Gasteiger partial charge on any atom is 0.271 e. The number of carbonyl (C=O) groups is 1. The summed E-state index contributed by atoms with van der Waals surface area (Å²) >= 11 is 0. The molecule has 0 spiro atoms. The Morgan fingerprint density at radius 2 is 2.30 bits per heavy atom. The van der Waals surface area contributed by atoms with Crippen molar-refractivity contribution in [1.82, 2.24) is 19.8 Å². The van der Waals surface area contributed by atoms with Gasteiger partial charge >= 0.3 is 0 Å². The van der Waals surface area contributed by atoms with Gasteiger partial charge in [-0.05, 0) is 31.1 Å². The molecule has 1 aromatic rings. The number of amides is 1. The summed E-state index contributed by atoms with van der Waals surface area (Å²) in [6.07, 6.45) is 9.24. The summed E-state index contributed by atoms with van der Waals surface area (Å²) in [5, 5.41) is 11.7. The fourth-order valence-electron chi connectivity index (χ4n) is 2.59. The molecule has 106 valence electrons. The van der Waals surface area contributed by atoms with Crippen molar-refractivity contribution in [3.63, 3.8) is 0 Å². The SMILES string of the molecule is N#CN1CC[C@H](CNC(=O)c2cn(CC3CC3)cn2)C1. The number of rotatable bonds is 5. The van der Waals surface area contributed by atoms with Crippen LogP contribution < -0.4 is 5.32 Å². The zero-order valence-electron chi connectivity index (χ0n) is 11.5. The van der Waals surface area contributed by atoms with E-state index in [-0.39, 0.29) is 5.91 Å². The molecule has 6 nitrogen and oxygen atoms in total. The van der Waals surface area contributed by atoms with Gasteiger partial charge in [-0.15, -0.1) is 0 Å². The van der Waals surface area contributed by atoms with E-state index in [4.69, 9.17) is 5.26 Å². The van der Waals surface area contributed by atoms with E-state index in [2.05, 4.69) is 16.5 Å². The molecule has 1 amide bonds. The molecule has 20 heavy (non-hydrogen) atoms. The Morgan fingerprint density at radius 1 is 1.45 bits per heavy atom. The molecule has 0 aromatic carbocycles. The number of nitriles is 1. The molecule has 1 N–H and O–H groups in total. The third-order valence-corrected chi connectivity index (χ3v) is 4.01. The lowest BCUT2D eigenvalue weighted by Crippen LogP contribution is -2.30. The molecule has 0 unspecified atom stereocenters. The minimum absolute atomic E-state index is 0.116. The van der Waals surface area contributed by atoms with Gasteiger partial charge in [-0.3, -0.25) is 4.79 Å². The van der Waals surface area contributed by atoms with Crippen LogP contribution in [0.1, 0.15) is 29.8 Å². The number of hydrogen-bond donors (Lipinski definition) is 1. The van der Waals surface area contributed by atoms with E-state index in [0.717, 1.165) is 32.0 Å². The molecule has 1 saturated heterocycles. The summed E-state index contributed by atoms with van der Waals surface area (Å²) < 4.78 is 2.00. The maximum atomic E-state index is 12.0. The van der Waals surface area contributed by atoms with Gasteiger partial charge in [-0.2, -0.15) is 5.26 Å². The number of hydrogen-bond acceptors (Lipinski definition) is 4.